The molecule has 0 aliphatic heterocycles. The monoisotopic (exact) mass is 455 g/mol. The van der Waals surface area contributed by atoms with Gasteiger partial charge in [-0.05, 0) is 17.7 Å². The third-order valence-electron chi connectivity index (χ3n) is 4.23. The van der Waals surface area contributed by atoms with Crippen LogP contribution in [-0.2, 0) is 16.4 Å². The average Bonchev–Trinajstić information content (AvgIpc) is 2.75. The van der Waals surface area contributed by atoms with Crippen molar-refractivity contribution in [1.29, 1.82) is 0 Å². The number of aromatic nitrogens is 2. The molecular weight excluding hydrogens is 442 g/mol. The van der Waals surface area contributed by atoms with Crippen LogP contribution in [0.25, 0.3) is 11.1 Å². The van der Waals surface area contributed by atoms with Gasteiger partial charge in [0.2, 0.25) is 0 Å². The van der Waals surface area contributed by atoms with E-state index in [1.807, 2.05) is 6.92 Å². The van der Waals surface area contributed by atoms with Gasteiger partial charge in [-0.25, -0.2) is 40.7 Å². The quantitative estimate of drug-likeness (QED) is 0.433. The zero-order chi connectivity index (χ0) is 22.9. The van der Waals surface area contributed by atoms with Crippen molar-refractivity contribution in [1.82, 2.24) is 9.97 Å². The predicted molar refractivity (Wildman–Crippen MR) is 101 cm³/mol. The molecule has 0 fully saturated rings. The summed E-state index contributed by atoms with van der Waals surface area (Å²) in [6.07, 6.45) is 3.70. The third kappa shape index (κ3) is 4.19. The normalized spacial score (nSPS) is 11.4. The largest absolute Gasteiger partial charge is 0.477 e. The van der Waals surface area contributed by atoms with Gasteiger partial charge in [0.15, 0.2) is 23.3 Å². The maximum Gasteiger partial charge on any atom is 0.341 e. The van der Waals surface area contributed by atoms with Crippen LogP contribution >= 0.6 is 0 Å². The highest BCUT2D eigenvalue weighted by Gasteiger charge is 2.31. The summed E-state index contributed by atoms with van der Waals surface area (Å²) in [5.41, 5.74) is -2.42. The fraction of sp³-hybridized carbons (Fsp3) is 0.105. The molecular formula is C19H13F4N3O4S. The van der Waals surface area contributed by atoms with E-state index in [1.54, 1.807) is 0 Å². The number of nitrogens with one attached hydrogen (secondary N) is 1. The number of nitrogens with zero attached hydrogens (tertiary/aromatic N) is 2. The van der Waals surface area contributed by atoms with E-state index in [0.717, 1.165) is 12.1 Å². The Balaban J connectivity index is 1.95. The van der Waals surface area contributed by atoms with E-state index >= 15 is 0 Å². The molecule has 0 unspecified atom stereocenters. The molecule has 3 aromatic rings. The Bertz CT molecular complexity index is 1240. The number of carbonyl (C=O) groups is 1. The number of carboxylic acid groups (broad SMARTS) is 1. The molecule has 0 aliphatic carbocycles. The Morgan fingerprint density at radius 1 is 0.935 bits per heavy atom. The number of hydrogen-bond acceptors (Lipinski definition) is 5. The molecule has 0 atom stereocenters. The van der Waals surface area contributed by atoms with E-state index in [1.165, 1.54) is 29.2 Å². The molecule has 1 aromatic heterocycles. The minimum absolute atomic E-state index is 0.468. The van der Waals surface area contributed by atoms with Gasteiger partial charge in [-0.1, -0.05) is 19.1 Å². The summed E-state index contributed by atoms with van der Waals surface area (Å²) in [5.74, 6) is -10.5. The second kappa shape index (κ2) is 8.30. The Hall–Kier alpha value is -3.54. The van der Waals surface area contributed by atoms with Crippen molar-refractivity contribution < 1.29 is 35.9 Å². The number of halogens is 4. The van der Waals surface area contributed by atoms with E-state index in [4.69, 9.17) is 5.11 Å². The van der Waals surface area contributed by atoms with Crippen LogP contribution < -0.4 is 4.72 Å². The number of aromatic carboxylic acids is 1. The zero-order valence-electron chi connectivity index (χ0n) is 15.7. The van der Waals surface area contributed by atoms with Gasteiger partial charge >= 0.3 is 5.97 Å². The second-order valence-corrected chi connectivity index (χ2v) is 7.86. The Kier molecular flexibility index (Phi) is 5.93. The van der Waals surface area contributed by atoms with Gasteiger partial charge in [-0.3, -0.25) is 4.72 Å². The molecule has 2 N–H and O–H groups in total. The van der Waals surface area contributed by atoms with E-state index in [2.05, 4.69) is 9.97 Å². The van der Waals surface area contributed by atoms with Crippen LogP contribution in [0.2, 0.25) is 0 Å². The average molecular weight is 455 g/mol. The molecule has 12 heteroatoms. The Labute approximate surface area is 173 Å². The van der Waals surface area contributed by atoms with Crippen molar-refractivity contribution in [3.63, 3.8) is 0 Å². The first kappa shape index (κ1) is 22.2. The summed E-state index contributed by atoms with van der Waals surface area (Å²) >= 11 is 0. The van der Waals surface area contributed by atoms with Crippen molar-refractivity contribution in [2.45, 2.75) is 18.2 Å². The lowest BCUT2D eigenvalue weighted by Crippen LogP contribution is -2.19. The molecule has 1 heterocycles. The first-order chi connectivity index (χ1) is 14.6. The van der Waals surface area contributed by atoms with Crippen molar-refractivity contribution >= 4 is 21.7 Å². The number of carboxylic acids is 1. The Morgan fingerprint density at radius 3 is 1.90 bits per heavy atom. The molecule has 0 bridgehead atoms. The smallest absolute Gasteiger partial charge is 0.341 e. The summed E-state index contributed by atoms with van der Waals surface area (Å²) in [6, 6.07) is 4.94. The maximum absolute atomic E-state index is 14.1. The van der Waals surface area contributed by atoms with E-state index in [9.17, 15) is 30.8 Å². The molecule has 7 nitrogen and oxygen atoms in total. The van der Waals surface area contributed by atoms with Gasteiger partial charge in [0.25, 0.3) is 10.0 Å². The number of aryl methyl sites for hydroxylation is 1. The number of anilines is 1. The topological polar surface area (TPSA) is 109 Å². The first-order valence-electron chi connectivity index (χ1n) is 8.60. The molecule has 2 aromatic carbocycles. The number of sulfonamides is 1. The molecule has 0 radical (unpaired) electrons. The van der Waals surface area contributed by atoms with Gasteiger partial charge in [0.1, 0.15) is 17.1 Å². The maximum atomic E-state index is 14.1. The number of benzene rings is 2. The summed E-state index contributed by atoms with van der Waals surface area (Å²) in [7, 11) is -4.68. The lowest BCUT2D eigenvalue weighted by Gasteiger charge is -2.13. The van der Waals surface area contributed by atoms with Crippen LogP contribution in [0.15, 0.2) is 41.6 Å². The Morgan fingerprint density at radius 2 is 1.45 bits per heavy atom. The fourth-order valence-electron chi connectivity index (χ4n) is 2.62. The van der Waals surface area contributed by atoms with Crippen molar-refractivity contribution in [3.05, 3.63) is 71.3 Å². The van der Waals surface area contributed by atoms with E-state index in [-0.39, 0.29) is 0 Å². The van der Waals surface area contributed by atoms with E-state index < -0.39 is 55.4 Å². The number of hydrogen-bond donors (Lipinski definition) is 2. The highest BCUT2D eigenvalue weighted by Crippen LogP contribution is 2.30. The van der Waals surface area contributed by atoms with Gasteiger partial charge in [0.05, 0.1) is 4.90 Å². The predicted octanol–water partition coefficient (Wildman–Crippen LogP) is 3.76. The molecule has 162 valence electrons. The highest BCUT2D eigenvalue weighted by atomic mass is 32.2. The SMILES string of the molecule is CCc1ncc(-c2ccc(S(=O)(=O)Nc3c(F)c(F)c(C(=O)O)c(F)c3F)cc2)cn1. The number of rotatable bonds is 6. The minimum atomic E-state index is -4.68. The molecule has 3 rings (SSSR count). The van der Waals surface area contributed by atoms with Crippen molar-refractivity contribution in [2.24, 2.45) is 0 Å². The van der Waals surface area contributed by atoms with Crippen molar-refractivity contribution in [3.8, 4) is 11.1 Å². The summed E-state index contributed by atoms with van der Waals surface area (Å²) in [5, 5.41) is 8.69. The van der Waals surface area contributed by atoms with Crippen LogP contribution in [-0.4, -0.2) is 29.5 Å². The molecule has 0 aliphatic rings. The zero-order valence-corrected chi connectivity index (χ0v) is 16.5. The molecule has 31 heavy (non-hydrogen) atoms. The standard InChI is InChI=1S/C19H13F4N3O4S/c1-2-12-24-7-10(8-25-12)9-3-5-11(6-4-9)31(29,30)26-18-16(22)14(20)13(19(27)28)15(21)17(18)23/h3-8,26H,2H2,1H3,(H,27,28). The lowest BCUT2D eigenvalue weighted by atomic mass is 10.1. The van der Waals surface area contributed by atoms with Gasteiger partial charge in [0, 0.05) is 24.4 Å². The lowest BCUT2D eigenvalue weighted by molar-refractivity contribution is 0.0683. The second-order valence-electron chi connectivity index (χ2n) is 6.18. The van der Waals surface area contributed by atoms with Crippen LogP contribution in [0.4, 0.5) is 23.2 Å². The van der Waals surface area contributed by atoms with Crippen LogP contribution in [0, 0.1) is 23.3 Å². The van der Waals surface area contributed by atoms with Crippen LogP contribution in [0.5, 0.6) is 0 Å². The summed E-state index contributed by atoms with van der Waals surface area (Å²) in [6.45, 7) is 1.88. The fourth-order valence-corrected chi connectivity index (χ4v) is 3.68. The first-order valence-corrected chi connectivity index (χ1v) is 10.1. The molecule has 0 saturated heterocycles. The summed E-state index contributed by atoms with van der Waals surface area (Å²) < 4.78 is 82.1. The highest BCUT2D eigenvalue weighted by molar-refractivity contribution is 7.92. The van der Waals surface area contributed by atoms with Gasteiger partial charge in [-0.2, -0.15) is 0 Å². The van der Waals surface area contributed by atoms with Gasteiger partial charge in [-0.15, -0.1) is 0 Å². The van der Waals surface area contributed by atoms with Crippen molar-refractivity contribution in [2.75, 3.05) is 4.72 Å². The van der Waals surface area contributed by atoms with E-state index in [0.29, 0.717) is 23.4 Å². The van der Waals surface area contributed by atoms with Crippen LogP contribution in [0.1, 0.15) is 23.1 Å². The molecule has 0 spiro atoms. The molecule has 0 saturated carbocycles. The molecule has 0 amide bonds. The minimum Gasteiger partial charge on any atom is -0.477 e. The summed E-state index contributed by atoms with van der Waals surface area (Å²) in [4.78, 5) is 18.6. The van der Waals surface area contributed by atoms with Crippen LogP contribution in [0.3, 0.4) is 0 Å². The van der Waals surface area contributed by atoms with Gasteiger partial charge < -0.3 is 5.11 Å². The third-order valence-corrected chi connectivity index (χ3v) is 5.60.